The molecule has 1 aliphatic heterocycles. The van der Waals surface area contributed by atoms with Crippen molar-refractivity contribution >= 4 is 5.97 Å². The number of nitrogens with one attached hydrogen (secondary N) is 1. The van der Waals surface area contributed by atoms with Gasteiger partial charge in [-0.1, -0.05) is 12.1 Å². The lowest BCUT2D eigenvalue weighted by Crippen LogP contribution is -2.56. The fourth-order valence-electron chi connectivity index (χ4n) is 2.15. The molecule has 5 heteroatoms. The third kappa shape index (κ3) is 1.92. The molecular formula is C12H14FNO3. The number of hydrogen-bond donors (Lipinski definition) is 2. The van der Waals surface area contributed by atoms with Crippen molar-refractivity contribution in [2.45, 2.75) is 6.04 Å². The van der Waals surface area contributed by atoms with Gasteiger partial charge in [0.2, 0.25) is 0 Å². The minimum atomic E-state index is -0.952. The third-order valence-electron chi connectivity index (χ3n) is 3.19. The largest absolute Gasteiger partial charge is 0.481 e. The monoisotopic (exact) mass is 239 g/mol. The number of carbonyl (C=O) groups is 1. The standard InChI is InChI=1S/C12H14FNO3/c1-14-10(8-2-4-9(13)5-3-8)12(11(15)16)6-17-7-12/h2-5,10,14H,6-7H2,1H3,(H,15,16). The summed E-state index contributed by atoms with van der Waals surface area (Å²) in [4.78, 5) is 11.4. The van der Waals surface area contributed by atoms with E-state index in [1.165, 1.54) is 12.1 Å². The molecule has 1 aromatic rings. The molecule has 92 valence electrons. The first kappa shape index (κ1) is 12.0. The van der Waals surface area contributed by atoms with Crippen molar-refractivity contribution in [2.75, 3.05) is 20.3 Å². The smallest absolute Gasteiger partial charge is 0.316 e. The van der Waals surface area contributed by atoms with Crippen LogP contribution in [0.1, 0.15) is 11.6 Å². The summed E-state index contributed by atoms with van der Waals surface area (Å²) < 4.78 is 17.9. The van der Waals surface area contributed by atoms with E-state index in [2.05, 4.69) is 5.32 Å². The fourth-order valence-corrected chi connectivity index (χ4v) is 2.15. The Bertz CT molecular complexity index is 414. The molecule has 2 N–H and O–H groups in total. The highest BCUT2D eigenvalue weighted by Crippen LogP contribution is 2.40. The number of rotatable bonds is 4. The molecule has 1 aliphatic rings. The molecule has 0 saturated carbocycles. The molecule has 1 saturated heterocycles. The van der Waals surface area contributed by atoms with Crippen LogP contribution in [0.4, 0.5) is 4.39 Å². The van der Waals surface area contributed by atoms with Crippen molar-refractivity contribution in [3.8, 4) is 0 Å². The minimum absolute atomic E-state index is 0.172. The van der Waals surface area contributed by atoms with Crippen LogP contribution in [0.5, 0.6) is 0 Å². The number of halogens is 1. The first-order valence-corrected chi connectivity index (χ1v) is 5.34. The maximum atomic E-state index is 12.8. The second-order valence-corrected chi connectivity index (χ2v) is 4.23. The van der Waals surface area contributed by atoms with Crippen LogP contribution >= 0.6 is 0 Å². The van der Waals surface area contributed by atoms with E-state index in [-0.39, 0.29) is 25.1 Å². The van der Waals surface area contributed by atoms with Crippen molar-refractivity contribution in [1.29, 1.82) is 0 Å². The van der Waals surface area contributed by atoms with Gasteiger partial charge in [-0.2, -0.15) is 0 Å². The number of carboxylic acids is 1. The Morgan fingerprint density at radius 2 is 2.06 bits per heavy atom. The predicted octanol–water partition coefficient (Wildman–Crippen LogP) is 1.19. The Morgan fingerprint density at radius 1 is 1.47 bits per heavy atom. The Kier molecular flexibility index (Phi) is 3.13. The molecule has 0 radical (unpaired) electrons. The van der Waals surface area contributed by atoms with Gasteiger partial charge in [0.25, 0.3) is 0 Å². The topological polar surface area (TPSA) is 58.6 Å². The summed E-state index contributed by atoms with van der Waals surface area (Å²) in [5.41, 5.74) is -0.202. The molecule has 1 unspecified atom stereocenters. The Hall–Kier alpha value is -1.46. The molecule has 0 aliphatic carbocycles. The Morgan fingerprint density at radius 3 is 2.41 bits per heavy atom. The molecule has 2 rings (SSSR count). The van der Waals surface area contributed by atoms with Gasteiger partial charge in [-0.25, -0.2) is 4.39 Å². The van der Waals surface area contributed by atoms with Gasteiger partial charge in [-0.05, 0) is 24.7 Å². The van der Waals surface area contributed by atoms with Crippen molar-refractivity contribution in [3.05, 3.63) is 35.6 Å². The van der Waals surface area contributed by atoms with E-state index in [0.717, 1.165) is 5.56 Å². The molecule has 0 bridgehead atoms. The van der Waals surface area contributed by atoms with Crippen LogP contribution in [0.2, 0.25) is 0 Å². The van der Waals surface area contributed by atoms with E-state index < -0.39 is 11.4 Å². The summed E-state index contributed by atoms with van der Waals surface area (Å²) in [6, 6.07) is 5.47. The van der Waals surface area contributed by atoms with E-state index in [1.54, 1.807) is 19.2 Å². The van der Waals surface area contributed by atoms with Crippen LogP contribution in [0.15, 0.2) is 24.3 Å². The molecule has 0 aromatic heterocycles. The first-order valence-electron chi connectivity index (χ1n) is 5.34. The van der Waals surface area contributed by atoms with Gasteiger partial charge in [0.05, 0.1) is 19.3 Å². The molecule has 1 fully saturated rings. The van der Waals surface area contributed by atoms with Crippen molar-refractivity contribution in [1.82, 2.24) is 5.32 Å². The van der Waals surface area contributed by atoms with E-state index in [1.807, 2.05) is 0 Å². The molecule has 17 heavy (non-hydrogen) atoms. The summed E-state index contributed by atoms with van der Waals surface area (Å²) in [5.74, 6) is -1.23. The van der Waals surface area contributed by atoms with E-state index in [0.29, 0.717) is 0 Å². The van der Waals surface area contributed by atoms with Gasteiger partial charge in [-0.3, -0.25) is 4.79 Å². The van der Waals surface area contributed by atoms with Crippen LogP contribution in [-0.2, 0) is 9.53 Å². The SMILES string of the molecule is CNC(c1ccc(F)cc1)C1(C(=O)O)COC1. The zero-order valence-electron chi connectivity index (χ0n) is 9.44. The summed E-state index contributed by atoms with van der Waals surface area (Å²) in [7, 11) is 1.69. The Balaban J connectivity index is 2.32. The molecule has 1 atom stereocenters. The zero-order chi connectivity index (χ0) is 12.5. The van der Waals surface area contributed by atoms with Crippen LogP contribution < -0.4 is 5.32 Å². The van der Waals surface area contributed by atoms with Gasteiger partial charge in [0.1, 0.15) is 11.2 Å². The second-order valence-electron chi connectivity index (χ2n) is 4.23. The summed E-state index contributed by atoms with van der Waals surface area (Å²) in [6.45, 7) is 0.344. The fraction of sp³-hybridized carbons (Fsp3) is 0.417. The van der Waals surface area contributed by atoms with Crippen LogP contribution in [0.25, 0.3) is 0 Å². The summed E-state index contributed by atoms with van der Waals surface area (Å²) >= 11 is 0. The van der Waals surface area contributed by atoms with Gasteiger partial charge in [-0.15, -0.1) is 0 Å². The summed E-state index contributed by atoms with van der Waals surface area (Å²) in [6.07, 6.45) is 0. The number of benzene rings is 1. The first-order chi connectivity index (χ1) is 8.10. The average molecular weight is 239 g/mol. The lowest BCUT2D eigenvalue weighted by molar-refractivity contribution is -0.186. The van der Waals surface area contributed by atoms with Crippen molar-refractivity contribution in [2.24, 2.45) is 5.41 Å². The maximum absolute atomic E-state index is 12.8. The maximum Gasteiger partial charge on any atom is 0.316 e. The predicted molar refractivity (Wildman–Crippen MR) is 59.1 cm³/mol. The number of carboxylic acid groups (broad SMARTS) is 1. The molecule has 1 aromatic carbocycles. The summed E-state index contributed by atoms with van der Waals surface area (Å²) in [5, 5.41) is 12.3. The van der Waals surface area contributed by atoms with Gasteiger partial charge in [0, 0.05) is 0 Å². The van der Waals surface area contributed by atoms with Crippen LogP contribution in [0.3, 0.4) is 0 Å². The highest BCUT2D eigenvalue weighted by atomic mass is 19.1. The highest BCUT2D eigenvalue weighted by molar-refractivity contribution is 5.77. The van der Waals surface area contributed by atoms with Crippen LogP contribution in [0, 0.1) is 11.2 Å². The molecular weight excluding hydrogens is 225 g/mol. The molecule has 0 amide bonds. The van der Waals surface area contributed by atoms with Crippen LogP contribution in [-0.4, -0.2) is 31.3 Å². The van der Waals surface area contributed by atoms with Crippen molar-refractivity contribution < 1.29 is 19.0 Å². The number of hydrogen-bond acceptors (Lipinski definition) is 3. The lowest BCUT2D eigenvalue weighted by atomic mass is 9.75. The molecule has 0 spiro atoms. The third-order valence-corrected chi connectivity index (χ3v) is 3.19. The molecule has 4 nitrogen and oxygen atoms in total. The normalized spacial score (nSPS) is 19.4. The number of ether oxygens (including phenoxy) is 1. The highest BCUT2D eigenvalue weighted by Gasteiger charge is 2.52. The zero-order valence-corrected chi connectivity index (χ0v) is 9.44. The van der Waals surface area contributed by atoms with Gasteiger partial charge < -0.3 is 15.2 Å². The lowest BCUT2D eigenvalue weighted by Gasteiger charge is -2.43. The average Bonchev–Trinajstić information content (AvgIpc) is 2.24. The van der Waals surface area contributed by atoms with Gasteiger partial charge >= 0.3 is 5.97 Å². The van der Waals surface area contributed by atoms with E-state index in [4.69, 9.17) is 4.74 Å². The Labute approximate surface area is 98.4 Å². The minimum Gasteiger partial charge on any atom is -0.481 e. The molecule has 1 heterocycles. The quantitative estimate of drug-likeness (QED) is 0.828. The van der Waals surface area contributed by atoms with Gasteiger partial charge in [0.15, 0.2) is 0 Å². The number of aliphatic carboxylic acids is 1. The van der Waals surface area contributed by atoms with E-state index >= 15 is 0 Å². The van der Waals surface area contributed by atoms with Crippen molar-refractivity contribution in [3.63, 3.8) is 0 Å². The second kappa shape index (κ2) is 4.43. The van der Waals surface area contributed by atoms with E-state index in [9.17, 15) is 14.3 Å².